The van der Waals surface area contributed by atoms with Crippen LogP contribution in [0.1, 0.15) is 57.0 Å². The molecule has 1 amide bonds. The number of hydrogen-bond donors (Lipinski definition) is 1. The van der Waals surface area contributed by atoms with Crippen LogP contribution in [-0.2, 0) is 9.53 Å². The van der Waals surface area contributed by atoms with Gasteiger partial charge in [-0.2, -0.15) is 5.10 Å². The molecule has 0 bridgehead atoms. The van der Waals surface area contributed by atoms with E-state index in [2.05, 4.69) is 24.3 Å². The molecule has 2 rings (SSSR count). The smallest absolute Gasteiger partial charge is 0.250 e. The Morgan fingerprint density at radius 2 is 2.05 bits per heavy atom. The van der Waals surface area contributed by atoms with E-state index in [1.54, 1.807) is 0 Å². The minimum atomic E-state index is -0.0913. The second kappa shape index (κ2) is 6.39. The average molecular weight is 279 g/mol. The Bertz CT molecular complexity index is 474. The second-order valence-corrected chi connectivity index (χ2v) is 5.85. The number of nitrogens with zero attached hydrogens (tertiary/aromatic N) is 2. The summed E-state index contributed by atoms with van der Waals surface area (Å²) in [5.41, 5.74) is 2.66. The number of nitrogens with one attached hydrogen (secondary N) is 1. The zero-order valence-corrected chi connectivity index (χ0v) is 12.9. The molecular weight excluding hydrogens is 254 g/mol. The van der Waals surface area contributed by atoms with Crippen LogP contribution in [0.25, 0.3) is 0 Å². The Morgan fingerprint density at radius 1 is 1.40 bits per heavy atom. The van der Waals surface area contributed by atoms with Crippen LogP contribution >= 0.6 is 0 Å². The van der Waals surface area contributed by atoms with Gasteiger partial charge in [-0.1, -0.05) is 12.8 Å². The average Bonchev–Trinajstić information content (AvgIpc) is 2.99. The van der Waals surface area contributed by atoms with E-state index in [-0.39, 0.29) is 24.7 Å². The predicted octanol–water partition coefficient (Wildman–Crippen LogP) is 2.98. The van der Waals surface area contributed by atoms with E-state index in [1.165, 1.54) is 12.8 Å². The molecule has 112 valence electrons. The highest BCUT2D eigenvalue weighted by Crippen LogP contribution is 2.23. The number of aromatic nitrogens is 2. The molecule has 0 saturated heterocycles. The van der Waals surface area contributed by atoms with E-state index >= 15 is 0 Å². The van der Waals surface area contributed by atoms with Crippen LogP contribution in [0, 0.1) is 13.8 Å². The third-order valence-corrected chi connectivity index (χ3v) is 3.83. The van der Waals surface area contributed by atoms with Crippen LogP contribution in [0.5, 0.6) is 0 Å². The first-order valence-corrected chi connectivity index (χ1v) is 7.46. The van der Waals surface area contributed by atoms with Gasteiger partial charge in [0.15, 0.2) is 0 Å². The molecule has 0 atom stereocenters. The molecule has 1 saturated carbocycles. The van der Waals surface area contributed by atoms with E-state index in [1.807, 2.05) is 18.5 Å². The monoisotopic (exact) mass is 279 g/mol. The molecule has 1 N–H and O–H groups in total. The quantitative estimate of drug-likeness (QED) is 0.901. The first-order chi connectivity index (χ1) is 9.49. The molecule has 0 unspecified atom stereocenters. The van der Waals surface area contributed by atoms with Gasteiger partial charge in [-0.15, -0.1) is 0 Å². The summed E-state index contributed by atoms with van der Waals surface area (Å²) in [5.74, 6) is -0.0913. The summed E-state index contributed by atoms with van der Waals surface area (Å²) in [5, 5.41) is 7.39. The number of hydrogen-bond acceptors (Lipinski definition) is 3. The molecule has 20 heavy (non-hydrogen) atoms. The Labute approximate surface area is 120 Å². The number of anilines is 1. The van der Waals surface area contributed by atoms with Gasteiger partial charge >= 0.3 is 0 Å². The van der Waals surface area contributed by atoms with Crippen molar-refractivity contribution in [3.8, 4) is 0 Å². The van der Waals surface area contributed by atoms with Crippen LogP contribution < -0.4 is 5.32 Å². The molecule has 1 heterocycles. The molecule has 1 aromatic rings. The maximum absolute atomic E-state index is 12.0. The van der Waals surface area contributed by atoms with Crippen molar-refractivity contribution in [3.63, 3.8) is 0 Å². The van der Waals surface area contributed by atoms with Crippen LogP contribution in [0.3, 0.4) is 0 Å². The van der Waals surface area contributed by atoms with E-state index < -0.39 is 0 Å². The van der Waals surface area contributed by atoms with Gasteiger partial charge in [-0.25, -0.2) is 0 Å². The minimum Gasteiger partial charge on any atom is -0.368 e. The number of carbonyl (C=O) groups excluding carboxylic acids is 1. The number of rotatable bonds is 5. The first-order valence-electron chi connectivity index (χ1n) is 7.46. The standard InChI is InChI=1S/C15H25N3O2/c1-10(2)18-12(4)15(11(3)17-18)16-14(19)9-20-13-7-5-6-8-13/h10,13H,5-9H2,1-4H3,(H,16,19). The van der Waals surface area contributed by atoms with Gasteiger partial charge in [0.2, 0.25) is 5.91 Å². The van der Waals surface area contributed by atoms with Crippen LogP contribution in [-0.4, -0.2) is 28.4 Å². The van der Waals surface area contributed by atoms with E-state index in [9.17, 15) is 4.79 Å². The van der Waals surface area contributed by atoms with Crippen molar-refractivity contribution in [1.82, 2.24) is 9.78 Å². The van der Waals surface area contributed by atoms with Crippen molar-refractivity contribution in [2.45, 2.75) is 65.5 Å². The fraction of sp³-hybridized carbons (Fsp3) is 0.733. The molecule has 5 heteroatoms. The highest BCUT2D eigenvalue weighted by atomic mass is 16.5. The van der Waals surface area contributed by atoms with Gasteiger partial charge in [-0.3, -0.25) is 9.48 Å². The molecule has 1 aliphatic rings. The Morgan fingerprint density at radius 3 is 2.60 bits per heavy atom. The lowest BCUT2D eigenvalue weighted by molar-refractivity contribution is -0.122. The van der Waals surface area contributed by atoms with Gasteiger partial charge in [0.25, 0.3) is 0 Å². The summed E-state index contributed by atoms with van der Waals surface area (Å²) in [6.07, 6.45) is 4.85. The highest BCUT2D eigenvalue weighted by Gasteiger charge is 2.19. The normalized spacial score (nSPS) is 16.1. The molecule has 0 radical (unpaired) electrons. The van der Waals surface area contributed by atoms with Crippen molar-refractivity contribution in [3.05, 3.63) is 11.4 Å². The maximum atomic E-state index is 12.0. The van der Waals surface area contributed by atoms with Gasteiger partial charge in [0, 0.05) is 6.04 Å². The summed E-state index contributed by atoms with van der Waals surface area (Å²) >= 11 is 0. The molecule has 0 spiro atoms. The number of aryl methyl sites for hydroxylation is 1. The lowest BCUT2D eigenvalue weighted by atomic mass is 10.3. The summed E-state index contributed by atoms with van der Waals surface area (Å²) in [4.78, 5) is 12.0. The van der Waals surface area contributed by atoms with Crippen molar-refractivity contribution < 1.29 is 9.53 Å². The van der Waals surface area contributed by atoms with Gasteiger partial charge in [-0.05, 0) is 40.5 Å². The van der Waals surface area contributed by atoms with Gasteiger partial charge in [0.05, 0.1) is 23.2 Å². The topological polar surface area (TPSA) is 56.2 Å². The van der Waals surface area contributed by atoms with Crippen molar-refractivity contribution in [2.24, 2.45) is 0 Å². The Hall–Kier alpha value is -1.36. The van der Waals surface area contributed by atoms with Crippen LogP contribution in [0.15, 0.2) is 0 Å². The molecule has 5 nitrogen and oxygen atoms in total. The minimum absolute atomic E-state index is 0.0913. The van der Waals surface area contributed by atoms with Crippen molar-refractivity contribution >= 4 is 11.6 Å². The third-order valence-electron chi connectivity index (χ3n) is 3.83. The van der Waals surface area contributed by atoms with Crippen LogP contribution in [0.4, 0.5) is 5.69 Å². The zero-order valence-electron chi connectivity index (χ0n) is 12.9. The molecule has 0 aromatic carbocycles. The number of ether oxygens (including phenoxy) is 1. The lowest BCUT2D eigenvalue weighted by Gasteiger charge is -2.12. The lowest BCUT2D eigenvalue weighted by Crippen LogP contribution is -2.22. The second-order valence-electron chi connectivity index (χ2n) is 5.85. The van der Waals surface area contributed by atoms with Gasteiger partial charge < -0.3 is 10.1 Å². The van der Waals surface area contributed by atoms with E-state index in [0.29, 0.717) is 0 Å². The molecule has 1 aliphatic carbocycles. The van der Waals surface area contributed by atoms with Crippen molar-refractivity contribution in [1.29, 1.82) is 0 Å². The summed E-state index contributed by atoms with van der Waals surface area (Å²) < 4.78 is 7.56. The van der Waals surface area contributed by atoms with Crippen LogP contribution in [0.2, 0.25) is 0 Å². The Balaban J connectivity index is 1.93. The zero-order chi connectivity index (χ0) is 14.7. The fourth-order valence-electron chi connectivity index (χ4n) is 2.77. The van der Waals surface area contributed by atoms with E-state index in [4.69, 9.17) is 4.74 Å². The van der Waals surface area contributed by atoms with Gasteiger partial charge in [0.1, 0.15) is 6.61 Å². The number of carbonyl (C=O) groups is 1. The molecular formula is C15H25N3O2. The first kappa shape index (κ1) is 15.0. The summed E-state index contributed by atoms with van der Waals surface area (Å²) in [7, 11) is 0. The fourth-order valence-corrected chi connectivity index (χ4v) is 2.77. The summed E-state index contributed by atoms with van der Waals surface area (Å²) in [6, 6.07) is 0.286. The third kappa shape index (κ3) is 3.39. The molecule has 0 aliphatic heterocycles. The molecule has 1 aromatic heterocycles. The molecule has 1 fully saturated rings. The summed E-state index contributed by atoms with van der Waals surface area (Å²) in [6.45, 7) is 8.19. The largest absolute Gasteiger partial charge is 0.368 e. The van der Waals surface area contributed by atoms with E-state index in [0.717, 1.165) is 29.9 Å². The maximum Gasteiger partial charge on any atom is 0.250 e. The van der Waals surface area contributed by atoms with Crippen molar-refractivity contribution in [2.75, 3.05) is 11.9 Å². The SMILES string of the molecule is Cc1nn(C(C)C)c(C)c1NC(=O)COC1CCCC1. The predicted molar refractivity (Wildman–Crippen MR) is 78.9 cm³/mol. The Kier molecular flexibility index (Phi) is 4.81. The highest BCUT2D eigenvalue weighted by molar-refractivity contribution is 5.92. The number of amides is 1.